The molecule has 0 aromatic rings. The Hall–Kier alpha value is -1.66. The molecule has 6 heteroatoms. The molecule has 0 aliphatic rings. The lowest BCUT2D eigenvalue weighted by molar-refractivity contribution is -0.151. The Morgan fingerprint density at radius 2 is 1.58 bits per heavy atom. The number of carbonyl (C=O) groups is 2. The maximum Gasteiger partial charge on any atom is 0.330 e. The minimum Gasteiger partial charge on any atom is -0.462 e. The van der Waals surface area contributed by atoms with Gasteiger partial charge in [-0.05, 0) is 13.3 Å². The summed E-state index contributed by atoms with van der Waals surface area (Å²) in [6.45, 7) is 14.6. The lowest BCUT2D eigenvalue weighted by atomic mass is 9.86. The van der Waals surface area contributed by atoms with Crippen LogP contribution in [0.25, 0.3) is 0 Å². The van der Waals surface area contributed by atoms with E-state index >= 15 is 0 Å². The molecule has 0 aromatic carbocycles. The average molecular weight is 342 g/mol. The van der Waals surface area contributed by atoms with E-state index in [0.717, 1.165) is 12.2 Å². The molecule has 0 rings (SSSR count). The fourth-order valence-electron chi connectivity index (χ4n) is 1.69. The van der Waals surface area contributed by atoms with Gasteiger partial charge < -0.3 is 19.3 Å². The van der Waals surface area contributed by atoms with Gasteiger partial charge in [-0.3, -0.25) is 0 Å². The van der Waals surface area contributed by atoms with Gasteiger partial charge in [-0.1, -0.05) is 33.9 Å². The zero-order chi connectivity index (χ0) is 18.8. The Bertz CT molecular complexity index is 437. The molecule has 0 saturated heterocycles. The van der Waals surface area contributed by atoms with Crippen LogP contribution in [0.3, 0.4) is 0 Å². The van der Waals surface area contributed by atoms with E-state index in [2.05, 4.69) is 13.2 Å². The molecular weight excluding hydrogens is 312 g/mol. The Labute approximate surface area is 144 Å². The van der Waals surface area contributed by atoms with Crippen LogP contribution in [-0.4, -0.2) is 49.6 Å². The van der Waals surface area contributed by atoms with Crippen LogP contribution in [-0.2, 0) is 23.8 Å². The van der Waals surface area contributed by atoms with Gasteiger partial charge in [0.05, 0.1) is 31.3 Å². The molecule has 0 heterocycles. The highest BCUT2D eigenvalue weighted by molar-refractivity contribution is 5.81. The zero-order valence-corrected chi connectivity index (χ0v) is 15.2. The van der Waals surface area contributed by atoms with Gasteiger partial charge in [-0.2, -0.15) is 0 Å². The van der Waals surface area contributed by atoms with Gasteiger partial charge in [0.1, 0.15) is 6.61 Å². The molecule has 1 N–H and O–H groups in total. The lowest BCUT2D eigenvalue weighted by Crippen LogP contribution is -2.41. The minimum absolute atomic E-state index is 0.0451. The van der Waals surface area contributed by atoms with Crippen molar-refractivity contribution in [3.8, 4) is 0 Å². The molecule has 0 aromatic heterocycles. The summed E-state index contributed by atoms with van der Waals surface area (Å²) in [4.78, 5) is 22.4. The normalized spacial score (nSPS) is 15.0. The smallest absolute Gasteiger partial charge is 0.330 e. The van der Waals surface area contributed by atoms with Crippen molar-refractivity contribution in [1.82, 2.24) is 0 Å². The molecule has 24 heavy (non-hydrogen) atoms. The molecule has 0 amide bonds. The molecule has 0 saturated carbocycles. The van der Waals surface area contributed by atoms with E-state index in [1.165, 1.54) is 0 Å². The van der Waals surface area contributed by atoms with Crippen molar-refractivity contribution < 1.29 is 28.9 Å². The number of carbonyl (C=O) groups excluding carboxylic acids is 2. The maximum atomic E-state index is 11.2. The first-order chi connectivity index (χ1) is 11.2. The van der Waals surface area contributed by atoms with Gasteiger partial charge in [0.25, 0.3) is 0 Å². The van der Waals surface area contributed by atoms with Gasteiger partial charge in [0.2, 0.25) is 0 Å². The summed E-state index contributed by atoms with van der Waals surface area (Å²) in [5.74, 6) is -1.02. The predicted octanol–water partition coefficient (Wildman–Crippen LogP) is 2.26. The summed E-state index contributed by atoms with van der Waals surface area (Å²) in [6, 6.07) is 0. The Kier molecular flexibility index (Phi) is 9.55. The van der Waals surface area contributed by atoms with Crippen molar-refractivity contribution >= 4 is 11.9 Å². The van der Waals surface area contributed by atoms with Crippen molar-refractivity contribution in [1.29, 1.82) is 0 Å². The van der Waals surface area contributed by atoms with Crippen LogP contribution in [0.2, 0.25) is 0 Å². The van der Waals surface area contributed by atoms with Crippen molar-refractivity contribution in [2.24, 2.45) is 10.8 Å². The highest BCUT2D eigenvalue weighted by atomic mass is 16.5. The van der Waals surface area contributed by atoms with Crippen molar-refractivity contribution in [2.75, 3.05) is 26.4 Å². The molecule has 0 radical (unpaired) electrons. The number of hydrogen-bond acceptors (Lipinski definition) is 6. The van der Waals surface area contributed by atoms with Crippen LogP contribution in [0.4, 0.5) is 0 Å². The topological polar surface area (TPSA) is 82.1 Å². The Balaban J connectivity index is 4.70. The van der Waals surface area contributed by atoms with Crippen LogP contribution in [0.5, 0.6) is 0 Å². The molecule has 0 aliphatic carbocycles. The summed E-state index contributed by atoms with van der Waals surface area (Å²) >= 11 is 0. The third-order valence-corrected chi connectivity index (χ3v) is 4.27. The number of rotatable bonds is 12. The van der Waals surface area contributed by atoms with Crippen molar-refractivity contribution in [3.63, 3.8) is 0 Å². The van der Waals surface area contributed by atoms with Crippen LogP contribution >= 0.6 is 0 Å². The fourth-order valence-corrected chi connectivity index (χ4v) is 1.69. The van der Waals surface area contributed by atoms with E-state index in [-0.39, 0.29) is 32.5 Å². The predicted molar refractivity (Wildman–Crippen MR) is 91.3 cm³/mol. The molecule has 138 valence electrons. The molecule has 6 nitrogen and oxygen atoms in total. The quantitative estimate of drug-likeness (QED) is 0.433. The third kappa shape index (κ3) is 7.27. The standard InChI is InChI=1S/C18H30O6/c1-7-15(20)23-11-17(5,6)14(4)22-12-18(9-3,10-19)13-24-16(21)8-2/h7-8,14,19H,1-2,9-13H2,3-6H3. The summed E-state index contributed by atoms with van der Waals surface area (Å²) in [5, 5.41) is 9.71. The molecule has 0 spiro atoms. The van der Waals surface area contributed by atoms with Crippen LogP contribution in [0.1, 0.15) is 34.1 Å². The van der Waals surface area contributed by atoms with E-state index in [4.69, 9.17) is 14.2 Å². The molecule has 0 aliphatic heterocycles. The van der Waals surface area contributed by atoms with E-state index in [9.17, 15) is 14.7 Å². The van der Waals surface area contributed by atoms with Gasteiger partial charge in [-0.15, -0.1) is 0 Å². The summed E-state index contributed by atoms with van der Waals surface area (Å²) < 4.78 is 16.1. The minimum atomic E-state index is -0.680. The number of aliphatic hydroxyl groups excluding tert-OH is 1. The summed E-state index contributed by atoms with van der Waals surface area (Å²) in [5.41, 5.74) is -1.10. The van der Waals surface area contributed by atoms with Crippen molar-refractivity contribution in [3.05, 3.63) is 25.3 Å². The monoisotopic (exact) mass is 342 g/mol. The SMILES string of the molecule is C=CC(=O)OCC(CC)(CO)COC(C)C(C)(C)COC(=O)C=C. The number of ether oxygens (including phenoxy) is 3. The summed E-state index contributed by atoms with van der Waals surface area (Å²) in [6.07, 6.45) is 2.52. The average Bonchev–Trinajstić information content (AvgIpc) is 2.59. The van der Waals surface area contributed by atoms with Gasteiger partial charge in [0, 0.05) is 17.6 Å². The maximum absolute atomic E-state index is 11.2. The van der Waals surface area contributed by atoms with Crippen LogP contribution in [0, 0.1) is 10.8 Å². The lowest BCUT2D eigenvalue weighted by Gasteiger charge is -2.35. The van der Waals surface area contributed by atoms with E-state index in [0.29, 0.717) is 6.42 Å². The molecule has 2 atom stereocenters. The Morgan fingerprint density at radius 1 is 1.08 bits per heavy atom. The van der Waals surface area contributed by atoms with Crippen LogP contribution < -0.4 is 0 Å². The third-order valence-electron chi connectivity index (χ3n) is 4.27. The number of aliphatic hydroxyl groups is 1. The van der Waals surface area contributed by atoms with Crippen LogP contribution in [0.15, 0.2) is 25.3 Å². The first kappa shape index (κ1) is 22.3. The number of hydrogen-bond donors (Lipinski definition) is 1. The zero-order valence-electron chi connectivity index (χ0n) is 15.2. The second-order valence-corrected chi connectivity index (χ2v) is 6.58. The second kappa shape index (κ2) is 10.3. The second-order valence-electron chi connectivity index (χ2n) is 6.58. The first-order valence-electron chi connectivity index (χ1n) is 7.97. The fraction of sp³-hybridized carbons (Fsp3) is 0.667. The van der Waals surface area contributed by atoms with Gasteiger partial charge in [0.15, 0.2) is 0 Å². The highest BCUT2D eigenvalue weighted by Gasteiger charge is 2.34. The number of esters is 2. The Morgan fingerprint density at radius 3 is 2.00 bits per heavy atom. The van der Waals surface area contributed by atoms with E-state index in [1.54, 1.807) is 0 Å². The van der Waals surface area contributed by atoms with E-state index in [1.807, 2.05) is 27.7 Å². The van der Waals surface area contributed by atoms with Crippen molar-refractivity contribution in [2.45, 2.75) is 40.2 Å². The highest BCUT2D eigenvalue weighted by Crippen LogP contribution is 2.28. The summed E-state index contributed by atoms with van der Waals surface area (Å²) in [7, 11) is 0. The molecule has 2 unspecified atom stereocenters. The first-order valence-corrected chi connectivity index (χ1v) is 7.97. The van der Waals surface area contributed by atoms with Gasteiger partial charge in [-0.25, -0.2) is 9.59 Å². The molecule has 0 fully saturated rings. The molecular formula is C18H30O6. The molecule has 0 bridgehead atoms. The van der Waals surface area contributed by atoms with E-state index < -0.39 is 22.8 Å². The largest absolute Gasteiger partial charge is 0.462 e. The van der Waals surface area contributed by atoms with Gasteiger partial charge >= 0.3 is 11.9 Å².